The molecule has 0 radical (unpaired) electrons. The van der Waals surface area contributed by atoms with E-state index in [1.807, 2.05) is 30.3 Å². The first-order valence-corrected chi connectivity index (χ1v) is 4.33. The third-order valence-corrected chi connectivity index (χ3v) is 1.92. The number of carbonyl (C=O) groups excluding carboxylic acids is 1. The molecule has 74 valence electrons. The normalized spacial score (nSPS) is 12.0. The Morgan fingerprint density at radius 1 is 1.36 bits per heavy atom. The number of hydrogen-bond donors (Lipinski definition) is 0. The molecular formula is C10H11NO3. The van der Waals surface area contributed by atoms with Crippen molar-refractivity contribution in [3.05, 3.63) is 46.0 Å². The largest absolute Gasteiger partial charge is 0.303 e. The van der Waals surface area contributed by atoms with E-state index in [1.165, 1.54) is 0 Å². The van der Waals surface area contributed by atoms with Gasteiger partial charge in [-0.1, -0.05) is 30.3 Å². The molecule has 0 aliphatic carbocycles. The van der Waals surface area contributed by atoms with Crippen molar-refractivity contribution < 1.29 is 9.72 Å². The summed E-state index contributed by atoms with van der Waals surface area (Å²) in [6, 6.07) is 9.28. The van der Waals surface area contributed by atoms with Crippen LogP contribution in [0.5, 0.6) is 0 Å². The molecule has 0 amide bonds. The van der Waals surface area contributed by atoms with Crippen LogP contribution in [-0.4, -0.2) is 17.8 Å². The SMILES string of the molecule is O=CC(Cc1ccccc1)C[N+](=O)[O-]. The predicted octanol–water partition coefficient (Wildman–Crippen LogP) is 1.32. The van der Waals surface area contributed by atoms with Crippen LogP contribution in [0, 0.1) is 16.0 Å². The molecule has 0 aliphatic heterocycles. The van der Waals surface area contributed by atoms with Gasteiger partial charge < -0.3 is 4.79 Å². The molecule has 0 fully saturated rings. The quantitative estimate of drug-likeness (QED) is 0.402. The van der Waals surface area contributed by atoms with Gasteiger partial charge in [0.25, 0.3) is 0 Å². The summed E-state index contributed by atoms with van der Waals surface area (Å²) in [5.41, 5.74) is 0.950. The van der Waals surface area contributed by atoms with Crippen molar-refractivity contribution in [2.45, 2.75) is 6.42 Å². The lowest BCUT2D eigenvalue weighted by atomic mass is 10.0. The number of nitro groups is 1. The first kappa shape index (κ1) is 10.4. The van der Waals surface area contributed by atoms with E-state index >= 15 is 0 Å². The van der Waals surface area contributed by atoms with Crippen LogP contribution in [0.1, 0.15) is 5.56 Å². The zero-order valence-electron chi connectivity index (χ0n) is 7.63. The van der Waals surface area contributed by atoms with Crippen LogP contribution in [0.3, 0.4) is 0 Å². The van der Waals surface area contributed by atoms with Gasteiger partial charge in [0.1, 0.15) is 6.29 Å². The van der Waals surface area contributed by atoms with Gasteiger partial charge in [0.2, 0.25) is 6.54 Å². The third-order valence-electron chi connectivity index (χ3n) is 1.92. The molecular weight excluding hydrogens is 182 g/mol. The average molecular weight is 193 g/mol. The first-order chi connectivity index (χ1) is 6.72. The van der Waals surface area contributed by atoms with Gasteiger partial charge in [-0.2, -0.15) is 0 Å². The lowest BCUT2D eigenvalue weighted by Gasteiger charge is -2.04. The van der Waals surface area contributed by atoms with Gasteiger partial charge in [-0.15, -0.1) is 0 Å². The van der Waals surface area contributed by atoms with E-state index in [0.717, 1.165) is 5.56 Å². The van der Waals surface area contributed by atoms with E-state index in [0.29, 0.717) is 12.7 Å². The van der Waals surface area contributed by atoms with Gasteiger partial charge in [-0.25, -0.2) is 0 Å². The minimum atomic E-state index is -0.521. The van der Waals surface area contributed by atoms with Gasteiger partial charge >= 0.3 is 0 Å². The Labute approximate surface area is 81.7 Å². The molecule has 0 saturated carbocycles. The van der Waals surface area contributed by atoms with Crippen LogP contribution in [-0.2, 0) is 11.2 Å². The van der Waals surface area contributed by atoms with Crippen molar-refractivity contribution in [1.82, 2.24) is 0 Å². The Bertz CT molecular complexity index is 310. The van der Waals surface area contributed by atoms with Gasteiger partial charge in [-0.3, -0.25) is 10.1 Å². The summed E-state index contributed by atoms with van der Waals surface area (Å²) in [7, 11) is 0. The summed E-state index contributed by atoms with van der Waals surface area (Å²) in [4.78, 5) is 20.3. The van der Waals surface area contributed by atoms with Crippen LogP contribution >= 0.6 is 0 Å². The maximum Gasteiger partial charge on any atom is 0.213 e. The Kier molecular flexibility index (Phi) is 3.79. The Hall–Kier alpha value is -1.71. The topological polar surface area (TPSA) is 60.2 Å². The molecule has 4 heteroatoms. The van der Waals surface area contributed by atoms with Gasteiger partial charge in [0.15, 0.2) is 0 Å². The Balaban J connectivity index is 2.57. The highest BCUT2D eigenvalue weighted by Crippen LogP contribution is 2.06. The number of benzene rings is 1. The summed E-state index contributed by atoms with van der Waals surface area (Å²) in [6.45, 7) is -0.293. The molecule has 4 nitrogen and oxygen atoms in total. The lowest BCUT2D eigenvalue weighted by molar-refractivity contribution is -0.485. The van der Waals surface area contributed by atoms with Crippen LogP contribution in [0.4, 0.5) is 0 Å². The highest BCUT2D eigenvalue weighted by atomic mass is 16.6. The second-order valence-corrected chi connectivity index (χ2v) is 3.10. The molecule has 14 heavy (non-hydrogen) atoms. The fourth-order valence-electron chi connectivity index (χ4n) is 1.26. The van der Waals surface area contributed by atoms with Gasteiger partial charge in [0, 0.05) is 4.92 Å². The molecule has 1 atom stereocenters. The molecule has 1 rings (SSSR count). The van der Waals surface area contributed by atoms with Gasteiger partial charge in [0.05, 0.1) is 5.92 Å². The maximum atomic E-state index is 10.5. The standard InChI is InChI=1S/C10H11NO3/c12-8-10(7-11(13)14)6-9-4-2-1-3-5-9/h1-5,8,10H,6-7H2. The molecule has 0 bridgehead atoms. The molecule has 0 aliphatic rings. The van der Waals surface area contributed by atoms with Crippen molar-refractivity contribution in [1.29, 1.82) is 0 Å². The van der Waals surface area contributed by atoms with Crippen molar-refractivity contribution >= 4 is 6.29 Å². The molecule has 1 aromatic carbocycles. The summed E-state index contributed by atoms with van der Waals surface area (Å²) < 4.78 is 0. The van der Waals surface area contributed by atoms with Crippen LogP contribution in [0.2, 0.25) is 0 Å². The third kappa shape index (κ3) is 3.35. The smallest absolute Gasteiger partial charge is 0.213 e. The van der Waals surface area contributed by atoms with Gasteiger partial charge in [-0.05, 0) is 12.0 Å². The molecule has 0 aromatic heterocycles. The Morgan fingerprint density at radius 3 is 2.50 bits per heavy atom. The summed E-state index contributed by atoms with van der Waals surface area (Å²) in [5.74, 6) is -0.521. The Morgan fingerprint density at radius 2 is 2.00 bits per heavy atom. The van der Waals surface area contributed by atoms with Crippen LogP contribution in [0.15, 0.2) is 30.3 Å². The minimum Gasteiger partial charge on any atom is -0.303 e. The van der Waals surface area contributed by atoms with E-state index in [-0.39, 0.29) is 6.54 Å². The second-order valence-electron chi connectivity index (χ2n) is 3.10. The zero-order valence-corrected chi connectivity index (χ0v) is 7.63. The minimum absolute atomic E-state index is 0.293. The molecule has 1 aromatic rings. The summed E-state index contributed by atoms with van der Waals surface area (Å²) in [6.07, 6.45) is 1.08. The maximum absolute atomic E-state index is 10.5. The highest BCUT2D eigenvalue weighted by Gasteiger charge is 2.14. The molecule has 0 N–H and O–H groups in total. The van der Waals surface area contributed by atoms with Crippen molar-refractivity contribution in [2.24, 2.45) is 5.92 Å². The summed E-state index contributed by atoms with van der Waals surface area (Å²) in [5, 5.41) is 10.2. The van der Waals surface area contributed by atoms with Crippen molar-refractivity contribution in [3.63, 3.8) is 0 Å². The number of rotatable bonds is 5. The molecule has 0 spiro atoms. The van der Waals surface area contributed by atoms with Crippen LogP contribution < -0.4 is 0 Å². The van der Waals surface area contributed by atoms with E-state index in [1.54, 1.807) is 0 Å². The van der Waals surface area contributed by atoms with Crippen LogP contribution in [0.25, 0.3) is 0 Å². The lowest BCUT2D eigenvalue weighted by Crippen LogP contribution is -2.17. The predicted molar refractivity (Wildman–Crippen MR) is 51.6 cm³/mol. The van der Waals surface area contributed by atoms with E-state index < -0.39 is 10.8 Å². The fourth-order valence-corrected chi connectivity index (χ4v) is 1.26. The van der Waals surface area contributed by atoms with E-state index in [4.69, 9.17) is 0 Å². The molecule has 0 heterocycles. The first-order valence-electron chi connectivity index (χ1n) is 4.33. The second kappa shape index (κ2) is 5.11. The van der Waals surface area contributed by atoms with E-state index in [2.05, 4.69) is 0 Å². The van der Waals surface area contributed by atoms with Crippen molar-refractivity contribution in [3.8, 4) is 0 Å². The zero-order chi connectivity index (χ0) is 10.4. The number of nitrogens with zero attached hydrogens (tertiary/aromatic N) is 1. The molecule has 0 saturated heterocycles. The highest BCUT2D eigenvalue weighted by molar-refractivity contribution is 5.54. The monoisotopic (exact) mass is 193 g/mol. The van der Waals surface area contributed by atoms with Crippen molar-refractivity contribution in [2.75, 3.05) is 6.54 Å². The van der Waals surface area contributed by atoms with E-state index in [9.17, 15) is 14.9 Å². The number of hydrogen-bond acceptors (Lipinski definition) is 3. The fraction of sp³-hybridized carbons (Fsp3) is 0.300. The molecule has 1 unspecified atom stereocenters. The average Bonchev–Trinajstić information content (AvgIpc) is 2.17. The number of carbonyl (C=O) groups is 1. The number of aldehydes is 1. The summed E-state index contributed by atoms with van der Waals surface area (Å²) >= 11 is 0.